The van der Waals surface area contributed by atoms with Crippen LogP contribution >= 0.6 is 0 Å². The summed E-state index contributed by atoms with van der Waals surface area (Å²) < 4.78 is 26.9. The number of hydrogen-bond acceptors (Lipinski definition) is 3. The van der Waals surface area contributed by atoms with Gasteiger partial charge in [-0.3, -0.25) is 4.79 Å². The van der Waals surface area contributed by atoms with E-state index >= 15 is 0 Å². The predicted octanol–water partition coefficient (Wildman–Crippen LogP) is 3.23. The molecule has 0 unspecified atom stereocenters. The number of nitrogens with one attached hydrogen (secondary N) is 1. The molecule has 3 aromatic carbocycles. The van der Waals surface area contributed by atoms with Gasteiger partial charge in [0.1, 0.15) is 0 Å². The first-order chi connectivity index (χ1) is 12.1. The zero-order valence-electron chi connectivity index (χ0n) is 13.2. The normalized spacial score (nSPS) is 10.9. The number of rotatable bonds is 5. The van der Waals surface area contributed by atoms with Gasteiger partial charge in [0.25, 0.3) is 15.9 Å². The fraction of sp³-hybridized carbons (Fsp3) is 0. The lowest BCUT2D eigenvalue weighted by Gasteiger charge is -2.24. The van der Waals surface area contributed by atoms with Gasteiger partial charge in [0.05, 0.1) is 10.6 Å². The lowest BCUT2D eigenvalue weighted by atomic mass is 10.2. The third-order valence-electron chi connectivity index (χ3n) is 3.51. The largest absolute Gasteiger partial charge is 0.281 e. The molecule has 5 nitrogen and oxygen atoms in total. The molecule has 1 amide bonds. The van der Waals surface area contributed by atoms with Crippen LogP contribution in [0.5, 0.6) is 0 Å². The van der Waals surface area contributed by atoms with Crippen LogP contribution in [0.15, 0.2) is 95.9 Å². The second-order valence-corrected chi connectivity index (χ2v) is 7.01. The minimum atomic E-state index is -3.96. The molecular formula is C19H16N2O3S. The lowest BCUT2D eigenvalue weighted by Crippen LogP contribution is -2.46. The first-order valence-electron chi connectivity index (χ1n) is 7.60. The summed E-state index contributed by atoms with van der Waals surface area (Å²) in [7, 11) is -3.96. The Balaban J connectivity index is 2.01. The van der Waals surface area contributed by atoms with Crippen LogP contribution in [0.4, 0.5) is 5.69 Å². The van der Waals surface area contributed by atoms with Gasteiger partial charge in [0.15, 0.2) is 0 Å². The van der Waals surface area contributed by atoms with Gasteiger partial charge in [0.2, 0.25) is 0 Å². The lowest BCUT2D eigenvalue weighted by molar-refractivity contribution is 0.0955. The summed E-state index contributed by atoms with van der Waals surface area (Å²) >= 11 is 0. The van der Waals surface area contributed by atoms with Gasteiger partial charge in [-0.1, -0.05) is 54.6 Å². The average Bonchev–Trinajstić information content (AvgIpc) is 2.68. The Labute approximate surface area is 146 Å². The van der Waals surface area contributed by atoms with E-state index in [9.17, 15) is 13.2 Å². The molecule has 0 aromatic heterocycles. The van der Waals surface area contributed by atoms with Crippen LogP contribution in [0, 0.1) is 0 Å². The van der Waals surface area contributed by atoms with Crippen LogP contribution < -0.4 is 9.84 Å². The number of hydrogen-bond donors (Lipinski definition) is 1. The Kier molecular flexibility index (Phi) is 4.81. The molecule has 0 atom stereocenters. The van der Waals surface area contributed by atoms with Crippen molar-refractivity contribution in [2.75, 3.05) is 4.41 Å². The second kappa shape index (κ2) is 7.19. The van der Waals surface area contributed by atoms with Crippen molar-refractivity contribution in [3.63, 3.8) is 0 Å². The number of hydrazine groups is 1. The van der Waals surface area contributed by atoms with Crippen molar-refractivity contribution in [2.45, 2.75) is 4.90 Å². The Morgan fingerprint density at radius 3 is 1.76 bits per heavy atom. The molecule has 126 valence electrons. The summed E-state index contributed by atoms with van der Waals surface area (Å²) in [5.74, 6) is -0.510. The first-order valence-corrected chi connectivity index (χ1v) is 9.04. The summed E-state index contributed by atoms with van der Waals surface area (Å²) in [6, 6.07) is 24.8. The van der Waals surface area contributed by atoms with E-state index in [1.54, 1.807) is 78.9 Å². The van der Waals surface area contributed by atoms with E-state index in [0.29, 0.717) is 11.3 Å². The zero-order valence-corrected chi connectivity index (χ0v) is 14.1. The highest BCUT2D eigenvalue weighted by atomic mass is 32.2. The molecule has 3 aromatic rings. The standard InChI is InChI=1S/C19H16N2O3S/c22-19(16-10-4-1-5-11-16)20-21(17-12-6-2-7-13-17)25(23,24)18-14-8-3-9-15-18/h1-15H,(H,20,22). The number of anilines is 1. The molecule has 0 spiro atoms. The van der Waals surface area contributed by atoms with Crippen molar-refractivity contribution >= 4 is 21.6 Å². The summed E-state index contributed by atoms with van der Waals surface area (Å²) in [6.07, 6.45) is 0. The SMILES string of the molecule is O=C(NN(c1ccccc1)S(=O)(=O)c1ccccc1)c1ccccc1. The van der Waals surface area contributed by atoms with E-state index in [1.165, 1.54) is 12.1 Å². The highest BCUT2D eigenvalue weighted by Crippen LogP contribution is 2.21. The van der Waals surface area contributed by atoms with Crippen molar-refractivity contribution in [3.05, 3.63) is 96.6 Å². The molecule has 6 heteroatoms. The van der Waals surface area contributed by atoms with Crippen LogP contribution in [0.3, 0.4) is 0 Å². The van der Waals surface area contributed by atoms with Crippen molar-refractivity contribution in [3.8, 4) is 0 Å². The third kappa shape index (κ3) is 3.70. The van der Waals surface area contributed by atoms with E-state index in [0.717, 1.165) is 4.41 Å². The maximum atomic E-state index is 13.0. The molecule has 0 aliphatic heterocycles. The van der Waals surface area contributed by atoms with Crippen LogP contribution in [0.2, 0.25) is 0 Å². The topological polar surface area (TPSA) is 66.5 Å². The Morgan fingerprint density at radius 1 is 0.720 bits per heavy atom. The molecule has 3 rings (SSSR count). The molecule has 0 heterocycles. The smallest absolute Gasteiger partial charge is 0.267 e. The minimum absolute atomic E-state index is 0.0900. The van der Waals surface area contributed by atoms with Gasteiger partial charge in [-0.15, -0.1) is 0 Å². The summed E-state index contributed by atoms with van der Waals surface area (Å²) in [5, 5.41) is 0. The third-order valence-corrected chi connectivity index (χ3v) is 5.16. The molecule has 1 N–H and O–H groups in total. The first kappa shape index (κ1) is 16.7. The van der Waals surface area contributed by atoms with E-state index in [1.807, 2.05) is 0 Å². The molecule has 0 fully saturated rings. The molecule has 0 aliphatic rings. The number of sulfonamides is 1. The highest BCUT2D eigenvalue weighted by Gasteiger charge is 2.26. The number of carbonyl (C=O) groups is 1. The molecular weight excluding hydrogens is 336 g/mol. The summed E-state index contributed by atoms with van der Waals surface area (Å²) in [4.78, 5) is 12.6. The van der Waals surface area contributed by atoms with Crippen LogP contribution in [-0.4, -0.2) is 14.3 Å². The van der Waals surface area contributed by atoms with Gasteiger partial charge in [-0.2, -0.15) is 12.8 Å². The van der Waals surface area contributed by atoms with Crippen LogP contribution in [0.25, 0.3) is 0 Å². The van der Waals surface area contributed by atoms with Crippen LogP contribution in [0.1, 0.15) is 10.4 Å². The van der Waals surface area contributed by atoms with E-state index < -0.39 is 15.9 Å². The fourth-order valence-electron chi connectivity index (χ4n) is 2.27. The Hall–Kier alpha value is -3.12. The molecule has 0 radical (unpaired) electrons. The zero-order chi connectivity index (χ0) is 17.7. The second-order valence-electron chi connectivity index (χ2n) is 5.22. The van der Waals surface area contributed by atoms with Gasteiger partial charge >= 0.3 is 0 Å². The van der Waals surface area contributed by atoms with E-state index in [2.05, 4.69) is 5.43 Å². The van der Waals surface area contributed by atoms with Crippen molar-refractivity contribution < 1.29 is 13.2 Å². The van der Waals surface area contributed by atoms with Crippen molar-refractivity contribution in [1.82, 2.24) is 5.43 Å². The quantitative estimate of drug-likeness (QED) is 0.717. The Morgan fingerprint density at radius 2 is 1.20 bits per heavy atom. The van der Waals surface area contributed by atoms with Crippen LogP contribution in [-0.2, 0) is 10.0 Å². The number of para-hydroxylation sites is 1. The molecule has 0 saturated heterocycles. The molecule has 0 bridgehead atoms. The maximum absolute atomic E-state index is 13.0. The molecule has 0 saturated carbocycles. The maximum Gasteiger partial charge on any atom is 0.281 e. The average molecular weight is 352 g/mol. The molecule has 25 heavy (non-hydrogen) atoms. The fourth-order valence-corrected chi connectivity index (χ4v) is 3.59. The van der Waals surface area contributed by atoms with Crippen molar-refractivity contribution in [2.24, 2.45) is 0 Å². The molecule has 0 aliphatic carbocycles. The number of nitrogens with zero attached hydrogens (tertiary/aromatic N) is 1. The van der Waals surface area contributed by atoms with E-state index in [4.69, 9.17) is 0 Å². The van der Waals surface area contributed by atoms with Gasteiger partial charge < -0.3 is 0 Å². The summed E-state index contributed by atoms with van der Waals surface area (Å²) in [6.45, 7) is 0. The monoisotopic (exact) mass is 352 g/mol. The number of carbonyl (C=O) groups excluding carboxylic acids is 1. The number of amides is 1. The van der Waals surface area contributed by atoms with E-state index in [-0.39, 0.29) is 4.90 Å². The van der Waals surface area contributed by atoms with Gasteiger partial charge in [-0.05, 0) is 36.4 Å². The number of benzene rings is 3. The van der Waals surface area contributed by atoms with Gasteiger partial charge in [-0.25, -0.2) is 5.43 Å². The highest BCUT2D eigenvalue weighted by molar-refractivity contribution is 7.92. The van der Waals surface area contributed by atoms with Crippen molar-refractivity contribution in [1.29, 1.82) is 0 Å². The predicted molar refractivity (Wildman–Crippen MR) is 96.5 cm³/mol. The Bertz CT molecular complexity index is 944. The summed E-state index contributed by atoms with van der Waals surface area (Å²) in [5.41, 5.74) is 3.21. The minimum Gasteiger partial charge on any atom is -0.267 e. The van der Waals surface area contributed by atoms with Gasteiger partial charge in [0, 0.05) is 5.56 Å².